The van der Waals surface area contributed by atoms with E-state index in [0.29, 0.717) is 5.69 Å². The molecule has 0 saturated heterocycles. The molecule has 0 aliphatic heterocycles. The van der Waals surface area contributed by atoms with Crippen molar-refractivity contribution in [1.82, 2.24) is 4.98 Å². The first-order valence-corrected chi connectivity index (χ1v) is 6.14. The van der Waals surface area contributed by atoms with Crippen molar-refractivity contribution < 1.29 is 4.79 Å². The number of benzene rings is 1. The highest BCUT2D eigenvalue weighted by Crippen LogP contribution is 2.17. The molecule has 82 valence electrons. The zero-order chi connectivity index (χ0) is 11.5. The molecule has 0 fully saturated rings. The maximum Gasteiger partial charge on any atom is 0.272 e. The van der Waals surface area contributed by atoms with Gasteiger partial charge in [0.2, 0.25) is 0 Å². The van der Waals surface area contributed by atoms with E-state index < -0.39 is 0 Å². The number of carbonyl (C=O) groups is 1. The Labute approximate surface area is 110 Å². The first kappa shape index (κ1) is 11.4. The van der Waals surface area contributed by atoms with Gasteiger partial charge in [0.15, 0.2) is 0 Å². The number of aromatic amines is 1. The van der Waals surface area contributed by atoms with Crippen LogP contribution >= 0.6 is 31.9 Å². The summed E-state index contributed by atoms with van der Waals surface area (Å²) >= 11 is 6.62. The van der Waals surface area contributed by atoms with Gasteiger partial charge in [-0.1, -0.05) is 22.0 Å². The van der Waals surface area contributed by atoms with Gasteiger partial charge in [0, 0.05) is 20.8 Å². The summed E-state index contributed by atoms with van der Waals surface area (Å²) in [7, 11) is 0. The minimum atomic E-state index is -0.163. The van der Waals surface area contributed by atoms with E-state index in [2.05, 4.69) is 42.2 Å². The van der Waals surface area contributed by atoms with Crippen LogP contribution in [0.25, 0.3) is 0 Å². The van der Waals surface area contributed by atoms with Gasteiger partial charge >= 0.3 is 0 Å². The second-order valence-electron chi connectivity index (χ2n) is 3.20. The zero-order valence-corrected chi connectivity index (χ0v) is 11.3. The number of rotatable bonds is 2. The highest BCUT2D eigenvalue weighted by atomic mass is 79.9. The summed E-state index contributed by atoms with van der Waals surface area (Å²) in [6.07, 6.45) is 1.72. The van der Waals surface area contributed by atoms with Crippen LogP contribution in [-0.2, 0) is 0 Å². The number of anilines is 1. The highest BCUT2D eigenvalue weighted by Gasteiger charge is 2.07. The maximum atomic E-state index is 11.8. The molecule has 0 unspecified atom stereocenters. The van der Waals surface area contributed by atoms with Crippen LogP contribution in [0.5, 0.6) is 0 Å². The summed E-state index contributed by atoms with van der Waals surface area (Å²) in [5.74, 6) is -0.163. The molecule has 0 aliphatic rings. The molecule has 1 heterocycles. The molecule has 1 aromatic carbocycles. The molecule has 2 aromatic rings. The monoisotopic (exact) mass is 342 g/mol. The summed E-state index contributed by atoms with van der Waals surface area (Å²) in [5.41, 5.74) is 1.27. The molecule has 1 amide bonds. The van der Waals surface area contributed by atoms with Crippen molar-refractivity contribution in [3.05, 3.63) is 51.2 Å². The van der Waals surface area contributed by atoms with Crippen molar-refractivity contribution in [3.8, 4) is 0 Å². The van der Waals surface area contributed by atoms with Crippen LogP contribution in [-0.4, -0.2) is 10.9 Å². The lowest BCUT2D eigenvalue weighted by atomic mass is 10.3. The van der Waals surface area contributed by atoms with Crippen molar-refractivity contribution in [2.45, 2.75) is 0 Å². The van der Waals surface area contributed by atoms with Gasteiger partial charge in [-0.15, -0.1) is 0 Å². The molecule has 2 N–H and O–H groups in total. The van der Waals surface area contributed by atoms with E-state index in [1.54, 1.807) is 12.3 Å². The molecule has 1 aromatic heterocycles. The number of hydrogen-bond donors (Lipinski definition) is 2. The van der Waals surface area contributed by atoms with Gasteiger partial charge in [-0.25, -0.2) is 0 Å². The average Bonchev–Trinajstić information content (AvgIpc) is 2.65. The Balaban J connectivity index is 2.13. The summed E-state index contributed by atoms with van der Waals surface area (Å²) < 4.78 is 1.78. The minimum Gasteiger partial charge on any atom is -0.356 e. The van der Waals surface area contributed by atoms with E-state index in [4.69, 9.17) is 0 Å². The standard InChI is InChI=1S/C11H8Br2N2O/c12-7-2-1-3-9(4-7)15-11(16)10-5-8(13)6-14-10/h1-6,14H,(H,15,16). The Bertz CT molecular complexity index is 522. The molecule has 0 saturated carbocycles. The number of hydrogen-bond acceptors (Lipinski definition) is 1. The van der Waals surface area contributed by atoms with Gasteiger partial charge in [0.05, 0.1) is 0 Å². The van der Waals surface area contributed by atoms with E-state index >= 15 is 0 Å². The lowest BCUT2D eigenvalue weighted by Gasteiger charge is -2.03. The minimum absolute atomic E-state index is 0.163. The quantitative estimate of drug-likeness (QED) is 0.856. The first-order valence-electron chi connectivity index (χ1n) is 4.56. The van der Waals surface area contributed by atoms with Gasteiger partial charge in [-0.05, 0) is 40.2 Å². The van der Waals surface area contributed by atoms with Crippen molar-refractivity contribution in [2.24, 2.45) is 0 Å². The Hall–Kier alpha value is -1.07. The van der Waals surface area contributed by atoms with E-state index in [0.717, 1.165) is 14.6 Å². The van der Waals surface area contributed by atoms with Gasteiger partial charge < -0.3 is 10.3 Å². The van der Waals surface area contributed by atoms with E-state index in [1.165, 1.54) is 0 Å². The Kier molecular flexibility index (Phi) is 3.46. The first-order chi connectivity index (χ1) is 7.65. The van der Waals surface area contributed by atoms with E-state index in [1.807, 2.05) is 24.3 Å². The van der Waals surface area contributed by atoms with Crippen LogP contribution in [0.4, 0.5) is 5.69 Å². The number of H-pyrrole nitrogens is 1. The van der Waals surface area contributed by atoms with Crippen LogP contribution in [0.2, 0.25) is 0 Å². The fourth-order valence-electron chi connectivity index (χ4n) is 1.26. The van der Waals surface area contributed by atoms with Crippen molar-refractivity contribution in [2.75, 3.05) is 5.32 Å². The molecule has 16 heavy (non-hydrogen) atoms. The Morgan fingerprint density at radius 2 is 2.00 bits per heavy atom. The summed E-state index contributed by atoms with van der Waals surface area (Å²) in [6, 6.07) is 9.18. The van der Waals surface area contributed by atoms with Crippen molar-refractivity contribution >= 4 is 43.5 Å². The molecule has 0 radical (unpaired) electrons. The molecule has 5 heteroatoms. The number of nitrogens with one attached hydrogen (secondary N) is 2. The van der Waals surface area contributed by atoms with Crippen LogP contribution < -0.4 is 5.32 Å². The molecule has 0 bridgehead atoms. The highest BCUT2D eigenvalue weighted by molar-refractivity contribution is 9.10. The van der Waals surface area contributed by atoms with Crippen molar-refractivity contribution in [3.63, 3.8) is 0 Å². The third-order valence-corrected chi connectivity index (χ3v) is 2.93. The zero-order valence-electron chi connectivity index (χ0n) is 8.13. The van der Waals surface area contributed by atoms with E-state index in [-0.39, 0.29) is 5.91 Å². The lowest BCUT2D eigenvalue weighted by molar-refractivity contribution is 0.102. The fourth-order valence-corrected chi connectivity index (χ4v) is 2.01. The Morgan fingerprint density at radius 1 is 1.19 bits per heavy atom. The van der Waals surface area contributed by atoms with Gasteiger partial charge in [0.25, 0.3) is 5.91 Å². The maximum absolute atomic E-state index is 11.8. The molecular weight excluding hydrogens is 336 g/mol. The largest absolute Gasteiger partial charge is 0.356 e. The average molecular weight is 344 g/mol. The molecular formula is C11H8Br2N2O. The van der Waals surface area contributed by atoms with Gasteiger partial charge in [-0.2, -0.15) is 0 Å². The molecule has 3 nitrogen and oxygen atoms in total. The third-order valence-electron chi connectivity index (χ3n) is 1.97. The number of halogens is 2. The number of carbonyl (C=O) groups excluding carboxylic acids is 1. The summed E-state index contributed by atoms with van der Waals surface area (Å²) in [4.78, 5) is 14.6. The van der Waals surface area contributed by atoms with Gasteiger partial charge in [0.1, 0.15) is 5.69 Å². The summed E-state index contributed by atoms with van der Waals surface area (Å²) in [5, 5.41) is 2.79. The lowest BCUT2D eigenvalue weighted by Crippen LogP contribution is -2.11. The van der Waals surface area contributed by atoms with Crippen LogP contribution in [0, 0.1) is 0 Å². The van der Waals surface area contributed by atoms with Crippen LogP contribution in [0.15, 0.2) is 45.5 Å². The molecule has 0 atom stereocenters. The fraction of sp³-hybridized carbons (Fsp3) is 0. The smallest absolute Gasteiger partial charge is 0.272 e. The SMILES string of the molecule is O=C(Nc1cccc(Br)c1)c1cc(Br)c[nH]1. The second-order valence-corrected chi connectivity index (χ2v) is 5.03. The van der Waals surface area contributed by atoms with Crippen molar-refractivity contribution in [1.29, 1.82) is 0 Å². The van der Waals surface area contributed by atoms with Crippen LogP contribution in [0.1, 0.15) is 10.5 Å². The normalized spacial score (nSPS) is 10.1. The predicted octanol–water partition coefficient (Wildman–Crippen LogP) is 3.79. The number of aromatic nitrogens is 1. The Morgan fingerprint density at radius 3 is 2.62 bits per heavy atom. The number of amides is 1. The van der Waals surface area contributed by atoms with E-state index in [9.17, 15) is 4.79 Å². The van der Waals surface area contributed by atoms with Crippen LogP contribution in [0.3, 0.4) is 0 Å². The predicted molar refractivity (Wildman–Crippen MR) is 70.6 cm³/mol. The summed E-state index contributed by atoms with van der Waals surface area (Å²) in [6.45, 7) is 0. The molecule has 0 aliphatic carbocycles. The molecule has 2 rings (SSSR count). The molecule has 0 spiro atoms. The third kappa shape index (κ3) is 2.74. The van der Waals surface area contributed by atoms with Gasteiger partial charge in [-0.3, -0.25) is 4.79 Å². The topological polar surface area (TPSA) is 44.9 Å². The second kappa shape index (κ2) is 4.84.